The van der Waals surface area contributed by atoms with Crippen molar-refractivity contribution in [3.8, 4) is 0 Å². The smallest absolute Gasteiger partial charge is 0.0535 e. The van der Waals surface area contributed by atoms with E-state index in [2.05, 4.69) is 55.9 Å². The molecule has 1 aliphatic carbocycles. The van der Waals surface area contributed by atoms with E-state index in [0.717, 1.165) is 31.4 Å². The van der Waals surface area contributed by atoms with Crippen LogP contribution < -0.4 is 0 Å². The molecule has 2 heterocycles. The van der Waals surface area contributed by atoms with Crippen molar-refractivity contribution in [2.45, 2.75) is 65.3 Å². The predicted molar refractivity (Wildman–Crippen MR) is 99.1 cm³/mol. The fourth-order valence-corrected chi connectivity index (χ4v) is 4.05. The van der Waals surface area contributed by atoms with Gasteiger partial charge in [-0.15, -0.1) is 0 Å². The summed E-state index contributed by atoms with van der Waals surface area (Å²) >= 11 is 0. The second-order valence-corrected chi connectivity index (χ2v) is 8.54. The van der Waals surface area contributed by atoms with Crippen molar-refractivity contribution < 1.29 is 4.74 Å². The summed E-state index contributed by atoms with van der Waals surface area (Å²) in [6.07, 6.45) is 8.96. The molecule has 3 rings (SSSR count). The fraction of sp³-hybridized carbons (Fsp3) is 0.762. The van der Waals surface area contributed by atoms with Gasteiger partial charge in [-0.3, -0.25) is 9.88 Å². The number of rotatable bonds is 8. The molecule has 3 heteroatoms. The van der Waals surface area contributed by atoms with Crippen molar-refractivity contribution in [1.29, 1.82) is 0 Å². The molecule has 1 aromatic heterocycles. The Kier molecular flexibility index (Phi) is 5.31. The van der Waals surface area contributed by atoms with Crippen LogP contribution in [0.2, 0.25) is 0 Å². The predicted octanol–water partition coefficient (Wildman–Crippen LogP) is 4.54. The van der Waals surface area contributed by atoms with Gasteiger partial charge in [-0.25, -0.2) is 0 Å². The van der Waals surface area contributed by atoms with Crippen LogP contribution in [0, 0.1) is 18.3 Å². The summed E-state index contributed by atoms with van der Waals surface area (Å²) in [4.78, 5) is 7.18. The first-order valence-corrected chi connectivity index (χ1v) is 9.71. The molecule has 0 amide bonds. The summed E-state index contributed by atoms with van der Waals surface area (Å²) < 4.78 is 5.92. The first kappa shape index (κ1) is 17.9. The minimum Gasteiger partial charge on any atom is -0.381 e. The van der Waals surface area contributed by atoms with E-state index in [0.29, 0.717) is 5.41 Å². The molecule has 0 spiro atoms. The highest BCUT2D eigenvalue weighted by Crippen LogP contribution is 2.44. The Labute approximate surface area is 147 Å². The van der Waals surface area contributed by atoms with Gasteiger partial charge in [0.1, 0.15) is 0 Å². The Balaban J connectivity index is 1.70. The van der Waals surface area contributed by atoms with Crippen LogP contribution in [0.15, 0.2) is 18.3 Å². The van der Waals surface area contributed by atoms with Gasteiger partial charge in [-0.05, 0) is 71.0 Å². The average molecular weight is 331 g/mol. The molecule has 0 radical (unpaired) electrons. The van der Waals surface area contributed by atoms with E-state index in [4.69, 9.17) is 4.74 Å². The second-order valence-electron chi connectivity index (χ2n) is 8.54. The summed E-state index contributed by atoms with van der Waals surface area (Å²) in [5, 5.41) is 0. The van der Waals surface area contributed by atoms with Crippen LogP contribution in [0.5, 0.6) is 0 Å². The molecule has 134 valence electrons. The largest absolute Gasteiger partial charge is 0.381 e. The van der Waals surface area contributed by atoms with Crippen LogP contribution in [0.3, 0.4) is 0 Å². The lowest BCUT2D eigenvalue weighted by atomic mass is 9.82. The number of hydrogen-bond donors (Lipinski definition) is 0. The minimum atomic E-state index is 0.0360. The lowest BCUT2D eigenvalue weighted by molar-refractivity contribution is 0.0364. The molecule has 1 aromatic rings. The summed E-state index contributed by atoms with van der Waals surface area (Å²) in [6, 6.07) is 4.38. The van der Waals surface area contributed by atoms with E-state index in [1.165, 1.54) is 44.2 Å². The quantitative estimate of drug-likeness (QED) is 0.699. The monoisotopic (exact) mass is 330 g/mol. The zero-order valence-corrected chi connectivity index (χ0v) is 16.0. The summed E-state index contributed by atoms with van der Waals surface area (Å²) in [6.45, 7) is 12.9. The highest BCUT2D eigenvalue weighted by atomic mass is 16.5. The van der Waals surface area contributed by atoms with Crippen molar-refractivity contribution in [3.63, 3.8) is 0 Å². The van der Waals surface area contributed by atoms with Gasteiger partial charge in [-0.2, -0.15) is 0 Å². The van der Waals surface area contributed by atoms with Gasteiger partial charge in [0.15, 0.2) is 0 Å². The Morgan fingerprint density at radius 2 is 2.12 bits per heavy atom. The average Bonchev–Trinajstić information content (AvgIpc) is 3.30. The van der Waals surface area contributed by atoms with E-state index in [9.17, 15) is 0 Å². The topological polar surface area (TPSA) is 25.4 Å². The lowest BCUT2D eigenvalue weighted by Crippen LogP contribution is -2.42. The number of likely N-dealkylation sites (tertiary alicyclic amines) is 1. The van der Waals surface area contributed by atoms with Crippen LogP contribution in [0.25, 0.3) is 0 Å². The fourth-order valence-electron chi connectivity index (χ4n) is 4.05. The molecular formula is C21H34N2O. The van der Waals surface area contributed by atoms with Crippen LogP contribution >= 0.6 is 0 Å². The molecular weight excluding hydrogens is 296 g/mol. The third kappa shape index (κ3) is 4.00. The first-order chi connectivity index (χ1) is 11.5. The maximum absolute atomic E-state index is 5.92. The first-order valence-electron chi connectivity index (χ1n) is 9.71. The van der Waals surface area contributed by atoms with Crippen molar-refractivity contribution in [3.05, 3.63) is 29.6 Å². The second kappa shape index (κ2) is 7.13. The molecule has 0 aromatic carbocycles. The molecule has 24 heavy (non-hydrogen) atoms. The van der Waals surface area contributed by atoms with E-state index < -0.39 is 0 Å². The standard InChI is InChI=1S/C21H34N2O/c1-5-24-16-21(11-10-18-7-8-18)12-13-23(15-21)20(3,4)19-9-6-17(2)22-14-19/h6,9,14,18H,5,7-8,10-13,15-16H2,1-4H3. The molecule has 2 fully saturated rings. The normalized spacial score (nSPS) is 25.3. The van der Waals surface area contributed by atoms with Gasteiger partial charge in [0.05, 0.1) is 6.61 Å². The Morgan fingerprint density at radius 1 is 1.33 bits per heavy atom. The molecule has 1 aliphatic heterocycles. The Morgan fingerprint density at radius 3 is 2.75 bits per heavy atom. The van der Waals surface area contributed by atoms with Crippen molar-refractivity contribution in [2.24, 2.45) is 11.3 Å². The zero-order chi connectivity index (χ0) is 17.2. The van der Waals surface area contributed by atoms with Crippen LogP contribution in [-0.2, 0) is 10.3 Å². The van der Waals surface area contributed by atoms with E-state index in [-0.39, 0.29) is 5.54 Å². The van der Waals surface area contributed by atoms with Gasteiger partial charge in [0.2, 0.25) is 0 Å². The SMILES string of the molecule is CCOCC1(CCC2CC2)CCN(C(C)(C)c2ccc(C)nc2)C1. The van der Waals surface area contributed by atoms with Crippen molar-refractivity contribution in [1.82, 2.24) is 9.88 Å². The molecule has 0 N–H and O–H groups in total. The molecule has 1 unspecified atom stereocenters. The third-order valence-electron chi connectivity index (χ3n) is 6.24. The Bertz CT molecular complexity index is 535. The number of hydrogen-bond acceptors (Lipinski definition) is 3. The van der Waals surface area contributed by atoms with E-state index >= 15 is 0 Å². The maximum atomic E-state index is 5.92. The van der Waals surface area contributed by atoms with Crippen molar-refractivity contribution >= 4 is 0 Å². The zero-order valence-electron chi connectivity index (χ0n) is 16.0. The Hall–Kier alpha value is -0.930. The number of pyridine rings is 1. The van der Waals surface area contributed by atoms with Crippen molar-refractivity contribution in [2.75, 3.05) is 26.3 Å². The number of ether oxygens (including phenoxy) is 1. The number of nitrogens with zero attached hydrogens (tertiary/aromatic N) is 2. The molecule has 1 atom stereocenters. The maximum Gasteiger partial charge on any atom is 0.0535 e. The van der Waals surface area contributed by atoms with E-state index in [1.54, 1.807) is 0 Å². The van der Waals surface area contributed by atoms with Crippen LogP contribution in [0.1, 0.15) is 64.1 Å². The third-order valence-corrected chi connectivity index (χ3v) is 6.24. The van der Waals surface area contributed by atoms with Gasteiger partial charge < -0.3 is 4.74 Å². The lowest BCUT2D eigenvalue weighted by Gasteiger charge is -2.38. The highest BCUT2D eigenvalue weighted by Gasteiger charge is 2.44. The van der Waals surface area contributed by atoms with Crippen LogP contribution in [0.4, 0.5) is 0 Å². The summed E-state index contributed by atoms with van der Waals surface area (Å²) in [5.74, 6) is 1.01. The number of aryl methyl sites for hydroxylation is 1. The van der Waals surface area contributed by atoms with Gasteiger partial charge in [0, 0.05) is 36.0 Å². The summed E-state index contributed by atoms with van der Waals surface area (Å²) in [7, 11) is 0. The summed E-state index contributed by atoms with van der Waals surface area (Å²) in [5.41, 5.74) is 2.80. The highest BCUT2D eigenvalue weighted by molar-refractivity contribution is 5.22. The van der Waals surface area contributed by atoms with Gasteiger partial charge in [0.25, 0.3) is 0 Å². The number of aromatic nitrogens is 1. The molecule has 1 saturated heterocycles. The van der Waals surface area contributed by atoms with Gasteiger partial charge in [-0.1, -0.05) is 18.9 Å². The van der Waals surface area contributed by atoms with Gasteiger partial charge >= 0.3 is 0 Å². The molecule has 3 nitrogen and oxygen atoms in total. The minimum absolute atomic E-state index is 0.0360. The van der Waals surface area contributed by atoms with Crippen LogP contribution in [-0.4, -0.2) is 36.2 Å². The molecule has 1 saturated carbocycles. The van der Waals surface area contributed by atoms with E-state index in [1.807, 2.05) is 0 Å². The molecule has 2 aliphatic rings. The molecule has 0 bridgehead atoms.